The van der Waals surface area contributed by atoms with Gasteiger partial charge in [-0.05, 0) is 36.1 Å². The molecule has 2 N–H and O–H groups in total. The lowest BCUT2D eigenvalue weighted by Crippen LogP contribution is -2.26. The molecule has 0 heterocycles. The average molecular weight is 503 g/mol. The predicted molar refractivity (Wildman–Crippen MR) is 133 cm³/mol. The van der Waals surface area contributed by atoms with Gasteiger partial charge in [0, 0.05) is 25.1 Å². The van der Waals surface area contributed by atoms with Gasteiger partial charge < -0.3 is 14.8 Å². The minimum atomic E-state index is -3.60. The average Bonchev–Trinajstić information content (AvgIpc) is 2.84. The molecule has 3 aromatic carbocycles. The van der Waals surface area contributed by atoms with Crippen LogP contribution in [0.15, 0.2) is 71.6 Å². The molecule has 0 aliphatic heterocycles. The van der Waals surface area contributed by atoms with E-state index in [1.165, 1.54) is 14.2 Å². The number of carbonyl (C=O) groups is 1. The van der Waals surface area contributed by atoms with Gasteiger partial charge in [-0.2, -0.15) is 0 Å². The van der Waals surface area contributed by atoms with Crippen LogP contribution < -0.4 is 19.5 Å². The molecule has 0 saturated heterocycles. The molecule has 0 saturated carbocycles. The number of hydrogen-bond acceptors (Lipinski definition) is 5. The second-order valence-corrected chi connectivity index (χ2v) is 9.69. The van der Waals surface area contributed by atoms with Crippen molar-refractivity contribution in [2.75, 3.05) is 26.1 Å². The molecule has 34 heavy (non-hydrogen) atoms. The fraction of sp³-hybridized carbons (Fsp3) is 0.240. The highest BCUT2D eigenvalue weighted by atomic mass is 35.5. The van der Waals surface area contributed by atoms with Gasteiger partial charge in [-0.15, -0.1) is 0 Å². The van der Waals surface area contributed by atoms with Crippen molar-refractivity contribution < 1.29 is 22.7 Å². The monoisotopic (exact) mass is 502 g/mol. The largest absolute Gasteiger partial charge is 0.495 e. The number of halogens is 1. The Morgan fingerprint density at radius 1 is 0.882 bits per heavy atom. The van der Waals surface area contributed by atoms with E-state index >= 15 is 0 Å². The highest BCUT2D eigenvalue weighted by Crippen LogP contribution is 2.35. The second kappa shape index (κ2) is 11.9. The predicted octanol–water partition coefficient (Wildman–Crippen LogP) is 4.45. The van der Waals surface area contributed by atoms with Crippen molar-refractivity contribution in [3.05, 3.63) is 82.9 Å². The van der Waals surface area contributed by atoms with Crippen molar-refractivity contribution in [3.8, 4) is 11.5 Å². The number of sulfonamides is 1. The highest BCUT2D eigenvalue weighted by molar-refractivity contribution is 7.89. The number of nitrogens with one attached hydrogen (secondary N) is 2. The summed E-state index contributed by atoms with van der Waals surface area (Å²) < 4.78 is 38.1. The number of hydrogen-bond donors (Lipinski definition) is 2. The van der Waals surface area contributed by atoms with Gasteiger partial charge in [-0.1, -0.05) is 54.1 Å². The summed E-state index contributed by atoms with van der Waals surface area (Å²) in [4.78, 5) is 12.6. The number of benzene rings is 3. The molecule has 7 nitrogen and oxygen atoms in total. The Labute approximate surface area is 205 Å². The van der Waals surface area contributed by atoms with Gasteiger partial charge in [0.15, 0.2) is 0 Å². The molecule has 180 valence electrons. The maximum absolute atomic E-state index is 12.5. The Bertz CT molecular complexity index is 1220. The fourth-order valence-corrected chi connectivity index (χ4v) is 4.58. The number of ether oxygens (including phenoxy) is 2. The number of aryl methyl sites for hydroxylation is 1. The lowest BCUT2D eigenvalue weighted by atomic mass is 10.1. The van der Waals surface area contributed by atoms with Gasteiger partial charge >= 0.3 is 0 Å². The molecule has 3 aromatic rings. The lowest BCUT2D eigenvalue weighted by molar-refractivity contribution is -0.116. The maximum Gasteiger partial charge on any atom is 0.240 e. The summed E-state index contributed by atoms with van der Waals surface area (Å²) in [6.07, 6.45) is 1.26. The maximum atomic E-state index is 12.5. The van der Waals surface area contributed by atoms with Crippen molar-refractivity contribution in [1.82, 2.24) is 4.72 Å². The van der Waals surface area contributed by atoms with E-state index in [4.69, 9.17) is 21.1 Å². The first kappa shape index (κ1) is 25.6. The van der Waals surface area contributed by atoms with Crippen molar-refractivity contribution in [2.24, 2.45) is 0 Å². The summed E-state index contributed by atoms with van der Waals surface area (Å²) in [5, 5.41) is 3.17. The standard InChI is InChI=1S/C25H27ClN2O5S/c1-32-23-17-22(24(33-2)16-21(23)26)28-25(29)13-10-19-8-11-20(12-9-19)34(30,31)27-15-14-18-6-4-3-5-7-18/h3-9,11-12,16-17,27H,10,13-15H2,1-2H3,(H,28,29). The van der Waals surface area contributed by atoms with Gasteiger partial charge in [-0.25, -0.2) is 13.1 Å². The molecule has 0 aliphatic carbocycles. The minimum Gasteiger partial charge on any atom is -0.495 e. The van der Waals surface area contributed by atoms with Gasteiger partial charge in [0.05, 0.1) is 29.8 Å². The topological polar surface area (TPSA) is 93.7 Å². The molecular formula is C25H27ClN2O5S. The number of carbonyl (C=O) groups excluding carboxylic acids is 1. The summed E-state index contributed by atoms with van der Waals surface area (Å²) in [5.41, 5.74) is 2.37. The Hall–Kier alpha value is -3.07. The minimum absolute atomic E-state index is 0.187. The van der Waals surface area contributed by atoms with Crippen LogP contribution in [0.4, 0.5) is 5.69 Å². The molecule has 0 spiro atoms. The van der Waals surface area contributed by atoms with E-state index in [0.717, 1.165) is 11.1 Å². The van der Waals surface area contributed by atoms with Crippen LogP contribution in [0.2, 0.25) is 5.02 Å². The third-order valence-corrected chi connectivity index (χ3v) is 6.94. The number of anilines is 1. The zero-order valence-corrected chi connectivity index (χ0v) is 20.6. The van der Waals surface area contributed by atoms with Crippen LogP contribution >= 0.6 is 11.6 Å². The van der Waals surface area contributed by atoms with E-state index in [1.54, 1.807) is 36.4 Å². The molecule has 0 bridgehead atoms. The molecule has 0 unspecified atom stereocenters. The van der Waals surface area contributed by atoms with Crippen molar-refractivity contribution in [1.29, 1.82) is 0 Å². The molecule has 0 fully saturated rings. The van der Waals surface area contributed by atoms with Crippen molar-refractivity contribution in [2.45, 2.75) is 24.2 Å². The third kappa shape index (κ3) is 6.96. The summed E-state index contributed by atoms with van der Waals surface area (Å²) in [5.74, 6) is 0.627. The zero-order valence-electron chi connectivity index (χ0n) is 19.0. The summed E-state index contributed by atoms with van der Waals surface area (Å²) >= 11 is 6.09. The van der Waals surface area contributed by atoms with E-state index in [2.05, 4.69) is 10.0 Å². The first-order valence-corrected chi connectivity index (χ1v) is 12.5. The van der Waals surface area contributed by atoms with Gasteiger partial charge in [0.25, 0.3) is 0 Å². The van der Waals surface area contributed by atoms with E-state index in [0.29, 0.717) is 41.6 Å². The van der Waals surface area contributed by atoms with E-state index in [-0.39, 0.29) is 17.2 Å². The van der Waals surface area contributed by atoms with Crippen LogP contribution in [-0.2, 0) is 27.7 Å². The van der Waals surface area contributed by atoms with Gasteiger partial charge in [-0.3, -0.25) is 4.79 Å². The van der Waals surface area contributed by atoms with Crippen LogP contribution in [-0.4, -0.2) is 35.1 Å². The fourth-order valence-electron chi connectivity index (χ4n) is 3.32. The molecule has 0 atom stereocenters. The number of rotatable bonds is 11. The summed E-state index contributed by atoms with van der Waals surface area (Å²) in [6.45, 7) is 0.313. The smallest absolute Gasteiger partial charge is 0.240 e. The first-order chi connectivity index (χ1) is 16.3. The van der Waals surface area contributed by atoms with Gasteiger partial charge in [0.1, 0.15) is 11.5 Å². The zero-order chi connectivity index (χ0) is 24.6. The Kier molecular flexibility index (Phi) is 8.92. The van der Waals surface area contributed by atoms with E-state index in [1.807, 2.05) is 30.3 Å². The molecular weight excluding hydrogens is 476 g/mol. The molecule has 0 radical (unpaired) electrons. The normalized spacial score (nSPS) is 11.1. The molecule has 0 aliphatic rings. The molecule has 1 amide bonds. The molecule has 0 aromatic heterocycles. The van der Waals surface area contributed by atoms with E-state index in [9.17, 15) is 13.2 Å². The Morgan fingerprint density at radius 2 is 1.53 bits per heavy atom. The van der Waals surface area contributed by atoms with Crippen molar-refractivity contribution >= 4 is 33.2 Å². The Balaban J connectivity index is 1.54. The quantitative estimate of drug-likeness (QED) is 0.404. The van der Waals surface area contributed by atoms with Crippen molar-refractivity contribution in [3.63, 3.8) is 0 Å². The first-order valence-electron chi connectivity index (χ1n) is 10.7. The number of amides is 1. The van der Waals surface area contributed by atoms with Crippen LogP contribution in [0.25, 0.3) is 0 Å². The Morgan fingerprint density at radius 3 is 2.18 bits per heavy atom. The van der Waals surface area contributed by atoms with Gasteiger partial charge in [0.2, 0.25) is 15.9 Å². The highest BCUT2D eigenvalue weighted by Gasteiger charge is 2.15. The second-order valence-electron chi connectivity index (χ2n) is 7.51. The van der Waals surface area contributed by atoms with E-state index < -0.39 is 10.0 Å². The van der Waals surface area contributed by atoms with Crippen LogP contribution in [0, 0.1) is 0 Å². The van der Waals surface area contributed by atoms with Crippen LogP contribution in [0.1, 0.15) is 17.5 Å². The summed E-state index contributed by atoms with van der Waals surface area (Å²) in [7, 11) is -0.629. The van der Waals surface area contributed by atoms with Crippen LogP contribution in [0.5, 0.6) is 11.5 Å². The third-order valence-electron chi connectivity index (χ3n) is 5.17. The number of methoxy groups -OCH3 is 2. The van der Waals surface area contributed by atoms with Crippen LogP contribution in [0.3, 0.4) is 0 Å². The lowest BCUT2D eigenvalue weighted by Gasteiger charge is -2.13. The SMILES string of the molecule is COc1cc(NC(=O)CCc2ccc(S(=O)(=O)NCCc3ccccc3)cc2)c(OC)cc1Cl. The summed E-state index contributed by atoms with van der Waals surface area (Å²) in [6, 6.07) is 19.4. The molecule has 3 rings (SSSR count). The molecule has 9 heteroatoms.